The maximum absolute atomic E-state index is 12.2. The van der Waals surface area contributed by atoms with Gasteiger partial charge in [-0.15, -0.1) is 0 Å². The average Bonchev–Trinajstić information content (AvgIpc) is 2.48. The third-order valence-electron chi connectivity index (χ3n) is 4.12. The predicted molar refractivity (Wildman–Crippen MR) is 76.9 cm³/mol. The van der Waals surface area contributed by atoms with Gasteiger partial charge in [-0.1, -0.05) is 32.3 Å². The minimum atomic E-state index is -1.01. The van der Waals surface area contributed by atoms with Crippen LogP contribution in [0.5, 0.6) is 0 Å². The Bertz CT molecular complexity index is 498. The van der Waals surface area contributed by atoms with Gasteiger partial charge in [-0.2, -0.15) is 0 Å². The maximum atomic E-state index is 12.2. The van der Waals surface area contributed by atoms with Crippen LogP contribution in [-0.4, -0.2) is 23.0 Å². The van der Waals surface area contributed by atoms with Crippen LogP contribution in [0, 0.1) is 5.92 Å². The van der Waals surface area contributed by atoms with Crippen molar-refractivity contribution < 1.29 is 14.7 Å². The van der Waals surface area contributed by atoms with Crippen molar-refractivity contribution in [1.82, 2.24) is 5.32 Å². The number of hydrogen-bond acceptors (Lipinski definition) is 2. The van der Waals surface area contributed by atoms with Crippen molar-refractivity contribution in [3.63, 3.8) is 0 Å². The van der Waals surface area contributed by atoms with E-state index in [4.69, 9.17) is 5.11 Å². The molecule has 4 nitrogen and oxygen atoms in total. The summed E-state index contributed by atoms with van der Waals surface area (Å²) >= 11 is 0. The normalized spacial score (nSPS) is 22.2. The molecule has 1 aromatic rings. The van der Waals surface area contributed by atoms with E-state index in [1.807, 2.05) is 0 Å². The van der Waals surface area contributed by atoms with Gasteiger partial charge >= 0.3 is 5.97 Å². The van der Waals surface area contributed by atoms with E-state index in [2.05, 4.69) is 12.2 Å². The molecule has 4 heteroatoms. The molecule has 20 heavy (non-hydrogen) atoms. The Kier molecular flexibility index (Phi) is 4.77. The Morgan fingerprint density at radius 2 is 1.95 bits per heavy atom. The molecule has 2 atom stereocenters. The molecule has 1 saturated carbocycles. The molecule has 1 aromatic carbocycles. The fourth-order valence-electron chi connectivity index (χ4n) is 2.93. The van der Waals surface area contributed by atoms with Gasteiger partial charge in [-0.25, -0.2) is 4.79 Å². The first-order valence-corrected chi connectivity index (χ1v) is 7.26. The molecule has 2 unspecified atom stereocenters. The number of carbonyl (C=O) groups excluding carboxylic acids is 1. The molecule has 0 bridgehead atoms. The second-order valence-electron chi connectivity index (χ2n) is 5.42. The Labute approximate surface area is 119 Å². The third kappa shape index (κ3) is 3.38. The zero-order valence-corrected chi connectivity index (χ0v) is 11.8. The van der Waals surface area contributed by atoms with Gasteiger partial charge in [0, 0.05) is 11.6 Å². The van der Waals surface area contributed by atoms with Gasteiger partial charge in [-0.05, 0) is 37.0 Å². The van der Waals surface area contributed by atoms with Crippen LogP contribution in [0.4, 0.5) is 0 Å². The van der Waals surface area contributed by atoms with E-state index in [-0.39, 0.29) is 17.5 Å². The van der Waals surface area contributed by atoms with Crippen LogP contribution < -0.4 is 5.32 Å². The number of carboxylic acid groups (broad SMARTS) is 1. The van der Waals surface area contributed by atoms with Gasteiger partial charge in [0.15, 0.2) is 0 Å². The fraction of sp³-hybridized carbons (Fsp3) is 0.500. The van der Waals surface area contributed by atoms with Gasteiger partial charge in [0.05, 0.1) is 5.56 Å². The van der Waals surface area contributed by atoms with Crippen molar-refractivity contribution in [1.29, 1.82) is 0 Å². The number of carboxylic acids is 1. The Morgan fingerprint density at radius 3 is 2.65 bits per heavy atom. The number of amides is 1. The van der Waals surface area contributed by atoms with E-state index in [1.54, 1.807) is 12.1 Å². The number of benzene rings is 1. The highest BCUT2D eigenvalue weighted by molar-refractivity contribution is 5.97. The van der Waals surface area contributed by atoms with Crippen LogP contribution in [-0.2, 0) is 0 Å². The molecule has 108 valence electrons. The molecule has 1 fully saturated rings. The summed E-state index contributed by atoms with van der Waals surface area (Å²) in [5.74, 6) is -0.641. The lowest BCUT2D eigenvalue weighted by molar-refractivity contribution is 0.0697. The molecule has 1 amide bonds. The molecule has 0 heterocycles. The zero-order valence-electron chi connectivity index (χ0n) is 11.8. The van der Waals surface area contributed by atoms with Gasteiger partial charge in [-0.3, -0.25) is 4.79 Å². The van der Waals surface area contributed by atoms with Crippen molar-refractivity contribution >= 4 is 11.9 Å². The van der Waals surface area contributed by atoms with Crippen LogP contribution in [0.15, 0.2) is 24.3 Å². The first-order valence-electron chi connectivity index (χ1n) is 7.26. The highest BCUT2D eigenvalue weighted by Crippen LogP contribution is 2.27. The smallest absolute Gasteiger partial charge is 0.335 e. The average molecular weight is 275 g/mol. The quantitative estimate of drug-likeness (QED) is 0.887. The molecular formula is C16H21NO3. The van der Waals surface area contributed by atoms with Gasteiger partial charge in [0.25, 0.3) is 5.91 Å². The molecule has 1 aliphatic carbocycles. The SMILES string of the molecule is CCC1CCCCC1NC(=O)c1cccc(C(=O)O)c1. The van der Waals surface area contributed by atoms with Gasteiger partial charge in [0.2, 0.25) is 0 Å². The number of hydrogen-bond donors (Lipinski definition) is 2. The topological polar surface area (TPSA) is 66.4 Å². The summed E-state index contributed by atoms with van der Waals surface area (Å²) in [4.78, 5) is 23.2. The summed E-state index contributed by atoms with van der Waals surface area (Å²) in [5, 5.41) is 12.0. The Hall–Kier alpha value is -1.84. The maximum Gasteiger partial charge on any atom is 0.335 e. The Balaban J connectivity index is 2.07. The van der Waals surface area contributed by atoms with Crippen molar-refractivity contribution in [2.75, 3.05) is 0 Å². The first-order chi connectivity index (χ1) is 9.61. The lowest BCUT2D eigenvalue weighted by Gasteiger charge is -2.31. The number of rotatable bonds is 4. The van der Waals surface area contributed by atoms with Crippen LogP contribution in [0.3, 0.4) is 0 Å². The van der Waals surface area contributed by atoms with Gasteiger partial charge < -0.3 is 10.4 Å². The summed E-state index contributed by atoms with van der Waals surface area (Å²) in [7, 11) is 0. The molecule has 0 radical (unpaired) electrons. The molecular weight excluding hydrogens is 254 g/mol. The van der Waals surface area contributed by atoms with E-state index < -0.39 is 5.97 Å². The molecule has 2 rings (SSSR count). The van der Waals surface area contributed by atoms with Crippen molar-refractivity contribution in [3.05, 3.63) is 35.4 Å². The molecule has 2 N–H and O–H groups in total. The molecule has 0 spiro atoms. The summed E-state index contributed by atoms with van der Waals surface area (Å²) in [6, 6.07) is 6.41. The Morgan fingerprint density at radius 1 is 1.25 bits per heavy atom. The van der Waals surface area contributed by atoms with E-state index >= 15 is 0 Å². The van der Waals surface area contributed by atoms with E-state index in [0.717, 1.165) is 25.7 Å². The van der Waals surface area contributed by atoms with Crippen LogP contribution in [0.25, 0.3) is 0 Å². The van der Waals surface area contributed by atoms with Crippen LogP contribution in [0.2, 0.25) is 0 Å². The molecule has 1 aliphatic rings. The van der Waals surface area contributed by atoms with E-state index in [9.17, 15) is 9.59 Å². The lowest BCUT2D eigenvalue weighted by Crippen LogP contribution is -2.41. The van der Waals surface area contributed by atoms with Crippen molar-refractivity contribution in [2.24, 2.45) is 5.92 Å². The zero-order chi connectivity index (χ0) is 14.5. The van der Waals surface area contributed by atoms with E-state index in [0.29, 0.717) is 11.5 Å². The molecule has 0 aromatic heterocycles. The second-order valence-corrected chi connectivity index (χ2v) is 5.42. The van der Waals surface area contributed by atoms with Crippen LogP contribution >= 0.6 is 0 Å². The highest BCUT2D eigenvalue weighted by atomic mass is 16.4. The molecule has 0 aliphatic heterocycles. The van der Waals surface area contributed by atoms with Crippen molar-refractivity contribution in [3.8, 4) is 0 Å². The first kappa shape index (κ1) is 14.6. The van der Waals surface area contributed by atoms with Crippen molar-refractivity contribution in [2.45, 2.75) is 45.1 Å². The minimum absolute atomic E-state index is 0.147. The highest BCUT2D eigenvalue weighted by Gasteiger charge is 2.25. The fourth-order valence-corrected chi connectivity index (χ4v) is 2.93. The molecule has 0 saturated heterocycles. The lowest BCUT2D eigenvalue weighted by atomic mass is 9.83. The number of carbonyl (C=O) groups is 2. The van der Waals surface area contributed by atoms with Crippen LogP contribution in [0.1, 0.15) is 59.7 Å². The second kappa shape index (κ2) is 6.55. The summed E-state index contributed by atoms with van der Waals surface area (Å²) < 4.78 is 0. The number of aromatic carboxylic acids is 1. The summed E-state index contributed by atoms with van der Waals surface area (Å²) in [6.45, 7) is 2.15. The largest absolute Gasteiger partial charge is 0.478 e. The predicted octanol–water partition coefficient (Wildman–Crippen LogP) is 3.08. The third-order valence-corrected chi connectivity index (χ3v) is 4.12. The minimum Gasteiger partial charge on any atom is -0.478 e. The number of nitrogens with one attached hydrogen (secondary N) is 1. The monoisotopic (exact) mass is 275 g/mol. The summed E-state index contributed by atoms with van der Waals surface area (Å²) in [5.41, 5.74) is 0.568. The summed E-state index contributed by atoms with van der Waals surface area (Å²) in [6.07, 6.45) is 5.63. The van der Waals surface area contributed by atoms with Gasteiger partial charge in [0.1, 0.15) is 0 Å². The standard InChI is InChI=1S/C16H21NO3/c1-2-11-6-3-4-9-14(11)17-15(18)12-7-5-8-13(10-12)16(19)20/h5,7-8,10-11,14H,2-4,6,9H2,1H3,(H,17,18)(H,19,20). The van der Waals surface area contributed by atoms with E-state index in [1.165, 1.54) is 18.6 Å².